The molecule has 1 fully saturated rings. The number of benzene rings is 1. The largest absolute Gasteiger partial charge is 0.497 e. The fourth-order valence-corrected chi connectivity index (χ4v) is 5.61. The Bertz CT molecular complexity index is 1270. The van der Waals surface area contributed by atoms with Crippen LogP contribution >= 0.6 is 11.3 Å². The van der Waals surface area contributed by atoms with Crippen molar-refractivity contribution in [3.63, 3.8) is 0 Å². The number of fused-ring (bicyclic) bond motifs is 4. The molecule has 1 N–H and O–H groups in total. The van der Waals surface area contributed by atoms with Gasteiger partial charge in [0.25, 0.3) is 0 Å². The van der Waals surface area contributed by atoms with Crippen molar-refractivity contribution in [2.75, 3.05) is 32.7 Å². The maximum Gasteiger partial charge on any atom is 0.147 e. The molecule has 0 bridgehead atoms. The number of anilines is 1. The van der Waals surface area contributed by atoms with E-state index in [0.29, 0.717) is 12.5 Å². The Morgan fingerprint density at radius 1 is 1.22 bits per heavy atom. The third-order valence-corrected chi connectivity index (χ3v) is 7.30. The van der Waals surface area contributed by atoms with E-state index >= 15 is 0 Å². The molecule has 0 aliphatic carbocycles. The van der Waals surface area contributed by atoms with E-state index in [0.717, 1.165) is 62.4 Å². The monoisotopic (exact) mass is 452 g/mol. The molecule has 168 valence electrons. The van der Waals surface area contributed by atoms with Gasteiger partial charge in [-0.15, -0.1) is 11.3 Å². The maximum atomic E-state index is 6.04. The number of ether oxygens (including phenoxy) is 3. The molecule has 8 heteroatoms. The Labute approximate surface area is 191 Å². The minimum atomic E-state index is -0.123. The maximum absolute atomic E-state index is 6.04. The minimum Gasteiger partial charge on any atom is -0.497 e. The first-order chi connectivity index (χ1) is 15.5. The van der Waals surface area contributed by atoms with E-state index in [1.165, 1.54) is 0 Å². The van der Waals surface area contributed by atoms with Crippen molar-refractivity contribution in [2.24, 2.45) is 10.9 Å². The second-order valence-corrected chi connectivity index (χ2v) is 9.88. The van der Waals surface area contributed by atoms with Crippen molar-refractivity contribution in [1.82, 2.24) is 9.97 Å². The molecule has 1 aromatic carbocycles. The number of nitrogens with one attached hydrogen (secondary N) is 1. The fraction of sp³-hybridized carbons (Fsp3) is 0.458. The minimum absolute atomic E-state index is 0.123. The Morgan fingerprint density at radius 2 is 2.09 bits per heavy atom. The topological polar surface area (TPSA) is 77.9 Å². The number of nitrogens with zero attached hydrogens (tertiary/aromatic N) is 3. The SMILES string of the molecule is COc1ccc(CCNc2ncnc3c4c(sc23)=NC2CC(C)(C)OCC2C=4)c(OC)c1. The van der Waals surface area contributed by atoms with Gasteiger partial charge < -0.3 is 19.5 Å². The summed E-state index contributed by atoms with van der Waals surface area (Å²) in [6, 6.07) is 6.17. The van der Waals surface area contributed by atoms with Gasteiger partial charge in [-0.05, 0) is 38.3 Å². The van der Waals surface area contributed by atoms with Gasteiger partial charge in [0, 0.05) is 23.7 Å². The van der Waals surface area contributed by atoms with Gasteiger partial charge in [0.1, 0.15) is 28.3 Å². The van der Waals surface area contributed by atoms with Gasteiger partial charge in [0.2, 0.25) is 0 Å². The average molecular weight is 453 g/mol. The molecule has 0 saturated carbocycles. The molecule has 2 aliphatic rings. The number of aromatic nitrogens is 2. The third-order valence-electron chi connectivity index (χ3n) is 6.19. The highest BCUT2D eigenvalue weighted by molar-refractivity contribution is 7.17. The lowest BCUT2D eigenvalue weighted by atomic mass is 9.85. The van der Waals surface area contributed by atoms with E-state index in [1.54, 1.807) is 31.9 Å². The van der Waals surface area contributed by atoms with E-state index in [4.69, 9.17) is 19.2 Å². The van der Waals surface area contributed by atoms with Gasteiger partial charge >= 0.3 is 0 Å². The summed E-state index contributed by atoms with van der Waals surface area (Å²) in [6.45, 7) is 5.72. The molecule has 2 atom stereocenters. The molecular weight excluding hydrogens is 424 g/mol. The Morgan fingerprint density at radius 3 is 2.91 bits per heavy atom. The van der Waals surface area contributed by atoms with Crippen LogP contribution in [-0.2, 0) is 11.2 Å². The Hall–Kier alpha value is -2.71. The highest BCUT2D eigenvalue weighted by atomic mass is 32.1. The first-order valence-corrected chi connectivity index (χ1v) is 11.7. The lowest BCUT2D eigenvalue weighted by Gasteiger charge is -2.38. The standard InChI is InChI=1S/C24H28N4O3S/c1-24(2)11-18-15(12-31-24)9-17-20-21(32-23(17)28-18)22(27-13-26-20)25-8-7-14-5-6-16(29-3)10-19(14)30-4/h5-6,9-10,13,15,18H,7-8,11-12H2,1-4H3,(H,25,26,27). The number of hydrogen-bond donors (Lipinski definition) is 1. The van der Waals surface area contributed by atoms with Crippen LogP contribution < -0.4 is 24.7 Å². The molecule has 0 spiro atoms. The molecule has 0 radical (unpaired) electrons. The first kappa shape index (κ1) is 21.2. The quantitative estimate of drug-likeness (QED) is 0.620. The third kappa shape index (κ3) is 3.93. The van der Waals surface area contributed by atoms with Crippen LogP contribution in [0.25, 0.3) is 16.3 Å². The van der Waals surface area contributed by atoms with Gasteiger partial charge in [-0.1, -0.05) is 12.1 Å². The van der Waals surface area contributed by atoms with Gasteiger partial charge in [-0.2, -0.15) is 0 Å². The Balaban J connectivity index is 1.40. The molecular formula is C24H28N4O3S. The summed E-state index contributed by atoms with van der Waals surface area (Å²) in [5.74, 6) is 2.77. The van der Waals surface area contributed by atoms with E-state index in [2.05, 4.69) is 35.2 Å². The van der Waals surface area contributed by atoms with Crippen LogP contribution in [0.3, 0.4) is 0 Å². The molecule has 3 aromatic rings. The van der Waals surface area contributed by atoms with E-state index in [1.807, 2.05) is 18.2 Å². The zero-order valence-corrected chi connectivity index (χ0v) is 19.7. The summed E-state index contributed by atoms with van der Waals surface area (Å²) in [7, 11) is 3.34. The van der Waals surface area contributed by atoms with E-state index in [9.17, 15) is 0 Å². The summed E-state index contributed by atoms with van der Waals surface area (Å²) >= 11 is 1.67. The molecule has 1 saturated heterocycles. The van der Waals surface area contributed by atoms with Crippen molar-refractivity contribution in [3.05, 3.63) is 40.0 Å². The summed E-state index contributed by atoms with van der Waals surface area (Å²) in [6.07, 6.45) is 5.67. The van der Waals surface area contributed by atoms with E-state index < -0.39 is 0 Å². The number of rotatable bonds is 6. The molecule has 2 aliphatic heterocycles. The number of hydrogen-bond acceptors (Lipinski definition) is 8. The predicted molar refractivity (Wildman–Crippen MR) is 126 cm³/mol. The van der Waals surface area contributed by atoms with Crippen LogP contribution in [0.1, 0.15) is 25.8 Å². The highest BCUT2D eigenvalue weighted by Gasteiger charge is 2.36. The summed E-state index contributed by atoms with van der Waals surface area (Å²) in [5, 5.41) is 4.62. The molecule has 4 heterocycles. The molecule has 2 aromatic heterocycles. The van der Waals surface area contributed by atoms with Gasteiger partial charge in [0.15, 0.2) is 0 Å². The molecule has 2 unspecified atom stereocenters. The molecule has 32 heavy (non-hydrogen) atoms. The summed E-state index contributed by atoms with van der Waals surface area (Å²) < 4.78 is 19.0. The predicted octanol–water partition coefficient (Wildman–Crippen LogP) is 2.96. The van der Waals surface area contributed by atoms with Gasteiger partial charge in [-0.3, -0.25) is 4.99 Å². The lowest BCUT2D eigenvalue weighted by Crippen LogP contribution is -2.45. The second kappa shape index (κ2) is 8.33. The smallest absolute Gasteiger partial charge is 0.147 e. The molecule has 7 nitrogen and oxygen atoms in total. The zero-order valence-electron chi connectivity index (χ0n) is 18.8. The normalized spacial score (nSPS) is 21.1. The van der Waals surface area contributed by atoms with E-state index in [-0.39, 0.29) is 11.6 Å². The van der Waals surface area contributed by atoms with Crippen molar-refractivity contribution in [2.45, 2.75) is 38.3 Å². The number of methoxy groups -OCH3 is 2. The van der Waals surface area contributed by atoms with Crippen molar-refractivity contribution in [3.8, 4) is 11.5 Å². The first-order valence-electron chi connectivity index (χ1n) is 10.9. The van der Waals surface area contributed by atoms with Crippen LogP contribution in [0.2, 0.25) is 0 Å². The fourth-order valence-electron chi connectivity index (χ4n) is 4.47. The molecule has 5 rings (SSSR count). The number of thiophene rings is 1. The zero-order chi connectivity index (χ0) is 22.3. The lowest BCUT2D eigenvalue weighted by molar-refractivity contribution is -0.0725. The van der Waals surface area contributed by atoms with Crippen molar-refractivity contribution >= 4 is 33.4 Å². The average Bonchev–Trinajstić information content (AvgIpc) is 3.15. The van der Waals surface area contributed by atoms with Crippen LogP contribution in [-0.4, -0.2) is 49.0 Å². The van der Waals surface area contributed by atoms with Crippen molar-refractivity contribution in [1.29, 1.82) is 0 Å². The summed E-state index contributed by atoms with van der Waals surface area (Å²) in [5.41, 5.74) is 1.96. The van der Waals surface area contributed by atoms with Crippen LogP contribution in [0.15, 0.2) is 29.5 Å². The van der Waals surface area contributed by atoms with Crippen LogP contribution in [0, 0.1) is 5.92 Å². The van der Waals surface area contributed by atoms with Crippen LogP contribution in [0.4, 0.5) is 5.82 Å². The highest BCUT2D eigenvalue weighted by Crippen LogP contribution is 2.32. The second-order valence-electron chi connectivity index (χ2n) is 8.88. The Kier molecular flexibility index (Phi) is 5.51. The van der Waals surface area contributed by atoms with Crippen molar-refractivity contribution < 1.29 is 14.2 Å². The van der Waals surface area contributed by atoms with Gasteiger partial charge in [0.05, 0.1) is 42.7 Å². The summed E-state index contributed by atoms with van der Waals surface area (Å²) in [4.78, 5) is 14.2. The van der Waals surface area contributed by atoms with Crippen LogP contribution in [0.5, 0.6) is 11.5 Å². The molecule has 0 amide bonds. The van der Waals surface area contributed by atoms with Gasteiger partial charge in [-0.25, -0.2) is 9.97 Å².